The van der Waals surface area contributed by atoms with Crippen LogP contribution in [0.25, 0.3) is 0 Å². The summed E-state index contributed by atoms with van der Waals surface area (Å²) in [7, 11) is 0. The Morgan fingerprint density at radius 1 is 1.35 bits per heavy atom. The quantitative estimate of drug-likeness (QED) is 0.725. The van der Waals surface area contributed by atoms with Crippen molar-refractivity contribution in [2.45, 2.75) is 38.6 Å². The predicted molar refractivity (Wildman–Crippen MR) is 98.6 cm³/mol. The highest BCUT2D eigenvalue weighted by molar-refractivity contribution is 9.10. The van der Waals surface area contributed by atoms with E-state index < -0.39 is 6.04 Å². The first-order valence-corrected chi connectivity index (χ1v) is 9.47. The molecule has 1 N–H and O–H groups in total. The number of carbonyl (C=O) groups excluding carboxylic acids is 2. The van der Waals surface area contributed by atoms with Gasteiger partial charge in [0.1, 0.15) is 6.04 Å². The highest BCUT2D eigenvalue weighted by Crippen LogP contribution is 2.21. The van der Waals surface area contributed by atoms with Crippen LogP contribution in [-0.4, -0.2) is 46.0 Å². The summed E-state index contributed by atoms with van der Waals surface area (Å²) in [4.78, 5) is 31.0. The van der Waals surface area contributed by atoms with Crippen LogP contribution in [0.1, 0.15) is 41.3 Å². The number of likely N-dealkylation sites (tertiary alicyclic amines) is 1. The van der Waals surface area contributed by atoms with Gasteiger partial charge in [-0.15, -0.1) is 0 Å². The van der Waals surface area contributed by atoms with E-state index in [1.807, 2.05) is 12.1 Å². The number of rotatable bonds is 6. The number of aryl methyl sites for hydroxylation is 2. The average Bonchev–Trinajstić information content (AvgIpc) is 3.27. The van der Waals surface area contributed by atoms with Crippen LogP contribution < -0.4 is 5.32 Å². The molecule has 7 nitrogen and oxygen atoms in total. The van der Waals surface area contributed by atoms with Gasteiger partial charge >= 0.3 is 0 Å². The number of amides is 2. The van der Waals surface area contributed by atoms with E-state index in [0.29, 0.717) is 49.6 Å². The molecule has 8 heteroatoms. The number of hydrogen-bond donors (Lipinski definition) is 1. The second kappa shape index (κ2) is 8.44. The first-order chi connectivity index (χ1) is 12.5. The van der Waals surface area contributed by atoms with E-state index >= 15 is 0 Å². The summed E-state index contributed by atoms with van der Waals surface area (Å²) in [5, 5.41) is 6.65. The van der Waals surface area contributed by atoms with Crippen molar-refractivity contribution in [1.82, 2.24) is 20.4 Å². The Morgan fingerprint density at radius 2 is 2.12 bits per heavy atom. The van der Waals surface area contributed by atoms with Crippen molar-refractivity contribution in [3.05, 3.63) is 46.0 Å². The van der Waals surface area contributed by atoms with Gasteiger partial charge in [-0.2, -0.15) is 4.98 Å². The van der Waals surface area contributed by atoms with Crippen LogP contribution in [0, 0.1) is 6.92 Å². The summed E-state index contributed by atoms with van der Waals surface area (Å²) in [6.07, 6.45) is 2.85. The molecule has 1 aromatic heterocycles. The Hall–Kier alpha value is -2.22. The van der Waals surface area contributed by atoms with Crippen molar-refractivity contribution in [1.29, 1.82) is 0 Å². The Kier molecular flexibility index (Phi) is 6.03. The number of nitrogens with zero attached hydrogens (tertiary/aromatic N) is 3. The zero-order chi connectivity index (χ0) is 18.5. The molecule has 1 atom stereocenters. The van der Waals surface area contributed by atoms with E-state index in [0.717, 1.165) is 10.9 Å². The summed E-state index contributed by atoms with van der Waals surface area (Å²) in [5.41, 5.74) is 0.597. The first kappa shape index (κ1) is 18.6. The molecule has 0 bridgehead atoms. The third kappa shape index (κ3) is 4.49. The summed E-state index contributed by atoms with van der Waals surface area (Å²) in [5.74, 6) is 0.980. The molecule has 1 aliphatic heterocycles. The maximum Gasteiger partial charge on any atom is 0.254 e. The summed E-state index contributed by atoms with van der Waals surface area (Å²) in [6, 6.07) is 6.80. The van der Waals surface area contributed by atoms with Crippen molar-refractivity contribution < 1.29 is 14.1 Å². The standard InChI is InChI=1S/C18H21BrN4O3/c1-12-21-16(26-22-12)5-2-10-20-17(24)15-4-3-11-23(15)18(25)13-6-8-14(19)9-7-13/h6-9,15H,2-5,10-11H2,1H3,(H,20,24). The van der Waals surface area contributed by atoms with Crippen LogP contribution in [0.15, 0.2) is 33.3 Å². The molecule has 1 saturated heterocycles. The SMILES string of the molecule is Cc1noc(CCCNC(=O)C2CCCN2C(=O)c2ccc(Br)cc2)n1. The van der Waals surface area contributed by atoms with E-state index in [1.54, 1.807) is 24.0 Å². The van der Waals surface area contributed by atoms with Crippen LogP contribution in [0.5, 0.6) is 0 Å². The molecule has 2 amide bonds. The van der Waals surface area contributed by atoms with Crippen molar-refractivity contribution in [3.8, 4) is 0 Å². The zero-order valence-electron chi connectivity index (χ0n) is 14.6. The molecule has 1 aliphatic rings. The van der Waals surface area contributed by atoms with Gasteiger partial charge in [-0.25, -0.2) is 0 Å². The molecular formula is C18H21BrN4O3. The van der Waals surface area contributed by atoms with E-state index in [1.165, 1.54) is 0 Å². The normalized spacial score (nSPS) is 16.7. The lowest BCUT2D eigenvalue weighted by Gasteiger charge is -2.24. The molecule has 0 aliphatic carbocycles. The van der Waals surface area contributed by atoms with Gasteiger partial charge < -0.3 is 14.7 Å². The summed E-state index contributed by atoms with van der Waals surface area (Å²) in [6.45, 7) is 2.89. The van der Waals surface area contributed by atoms with Gasteiger partial charge in [0.05, 0.1) is 0 Å². The van der Waals surface area contributed by atoms with Gasteiger partial charge in [0.15, 0.2) is 5.82 Å². The highest BCUT2D eigenvalue weighted by Gasteiger charge is 2.34. The lowest BCUT2D eigenvalue weighted by atomic mass is 10.1. The largest absolute Gasteiger partial charge is 0.354 e. The molecule has 1 aromatic carbocycles. The smallest absolute Gasteiger partial charge is 0.254 e. The molecular weight excluding hydrogens is 400 g/mol. The summed E-state index contributed by atoms with van der Waals surface area (Å²) >= 11 is 3.36. The topological polar surface area (TPSA) is 88.3 Å². The molecule has 2 heterocycles. The van der Waals surface area contributed by atoms with Crippen molar-refractivity contribution in [2.75, 3.05) is 13.1 Å². The molecule has 1 fully saturated rings. The van der Waals surface area contributed by atoms with Gasteiger partial charge in [-0.1, -0.05) is 21.1 Å². The van der Waals surface area contributed by atoms with Crippen LogP contribution >= 0.6 is 15.9 Å². The fourth-order valence-electron chi connectivity index (χ4n) is 3.05. The lowest BCUT2D eigenvalue weighted by molar-refractivity contribution is -0.124. The molecule has 3 rings (SSSR count). The van der Waals surface area contributed by atoms with E-state index in [4.69, 9.17) is 4.52 Å². The third-order valence-corrected chi connectivity index (χ3v) is 4.87. The fourth-order valence-corrected chi connectivity index (χ4v) is 3.32. The molecule has 0 spiro atoms. The Labute approximate surface area is 160 Å². The van der Waals surface area contributed by atoms with Crippen LogP contribution in [0.4, 0.5) is 0 Å². The van der Waals surface area contributed by atoms with Crippen molar-refractivity contribution >= 4 is 27.7 Å². The lowest BCUT2D eigenvalue weighted by Crippen LogP contribution is -2.46. The minimum absolute atomic E-state index is 0.100. The van der Waals surface area contributed by atoms with E-state index in [9.17, 15) is 9.59 Å². The van der Waals surface area contributed by atoms with E-state index in [-0.39, 0.29) is 11.8 Å². The molecule has 1 unspecified atom stereocenters. The number of aromatic nitrogens is 2. The van der Waals surface area contributed by atoms with Gasteiger partial charge in [-0.3, -0.25) is 9.59 Å². The number of halogens is 1. The van der Waals surface area contributed by atoms with Gasteiger partial charge in [-0.05, 0) is 50.5 Å². The van der Waals surface area contributed by atoms with Crippen LogP contribution in [-0.2, 0) is 11.2 Å². The molecule has 0 saturated carbocycles. The van der Waals surface area contributed by atoms with Gasteiger partial charge in [0.25, 0.3) is 5.91 Å². The molecule has 0 radical (unpaired) electrons. The van der Waals surface area contributed by atoms with E-state index in [2.05, 4.69) is 31.4 Å². The van der Waals surface area contributed by atoms with Crippen LogP contribution in [0.2, 0.25) is 0 Å². The zero-order valence-corrected chi connectivity index (χ0v) is 16.2. The maximum absolute atomic E-state index is 12.7. The molecule has 138 valence electrons. The molecule has 26 heavy (non-hydrogen) atoms. The Balaban J connectivity index is 1.51. The number of benzene rings is 1. The minimum atomic E-state index is -0.406. The minimum Gasteiger partial charge on any atom is -0.354 e. The van der Waals surface area contributed by atoms with Crippen molar-refractivity contribution in [3.63, 3.8) is 0 Å². The monoisotopic (exact) mass is 420 g/mol. The third-order valence-electron chi connectivity index (χ3n) is 4.34. The Bertz CT molecular complexity index is 775. The maximum atomic E-state index is 12.7. The highest BCUT2D eigenvalue weighted by atomic mass is 79.9. The number of carbonyl (C=O) groups is 2. The van der Waals surface area contributed by atoms with Gasteiger partial charge in [0.2, 0.25) is 11.8 Å². The predicted octanol–water partition coefficient (Wildman–Crippen LogP) is 2.49. The first-order valence-electron chi connectivity index (χ1n) is 8.68. The van der Waals surface area contributed by atoms with Crippen LogP contribution in [0.3, 0.4) is 0 Å². The Morgan fingerprint density at radius 3 is 2.81 bits per heavy atom. The molecule has 2 aromatic rings. The second-order valence-corrected chi connectivity index (χ2v) is 7.21. The number of hydrogen-bond acceptors (Lipinski definition) is 5. The second-order valence-electron chi connectivity index (χ2n) is 6.29. The van der Waals surface area contributed by atoms with Gasteiger partial charge in [0, 0.05) is 29.5 Å². The van der Waals surface area contributed by atoms with Crippen molar-refractivity contribution in [2.24, 2.45) is 0 Å². The fraction of sp³-hybridized carbons (Fsp3) is 0.444. The average molecular weight is 421 g/mol. The summed E-state index contributed by atoms with van der Waals surface area (Å²) < 4.78 is 5.96. The number of nitrogens with one attached hydrogen (secondary N) is 1.